The van der Waals surface area contributed by atoms with Gasteiger partial charge in [0.05, 0.1) is 0 Å². The number of hydrogen-bond donors (Lipinski definition) is 1. The molecule has 1 fully saturated rings. The second kappa shape index (κ2) is 6.77. The lowest BCUT2D eigenvalue weighted by atomic mass is 9.95. The molecule has 0 saturated carbocycles. The van der Waals surface area contributed by atoms with Crippen LogP contribution in [0.5, 0.6) is 0 Å². The van der Waals surface area contributed by atoms with Crippen LogP contribution in [0.25, 0.3) is 22.1 Å². The van der Waals surface area contributed by atoms with Gasteiger partial charge in [-0.15, -0.1) is 0 Å². The third-order valence-corrected chi connectivity index (χ3v) is 4.87. The Labute approximate surface area is 153 Å². The van der Waals surface area contributed by atoms with E-state index in [1.807, 2.05) is 0 Å². The second-order valence-corrected chi connectivity index (χ2v) is 7.06. The van der Waals surface area contributed by atoms with Crippen LogP contribution >= 0.6 is 0 Å². The number of furan rings is 1. The number of hydrogen-bond acceptors (Lipinski definition) is 6. The number of nitrogens with zero attached hydrogens (tertiary/aromatic N) is 4. The van der Waals surface area contributed by atoms with Gasteiger partial charge in [-0.3, -0.25) is 14.7 Å². The Kier molecular flexibility index (Phi) is 4.46. The van der Waals surface area contributed by atoms with E-state index in [0.29, 0.717) is 22.5 Å². The molecule has 2 aromatic heterocycles. The molecule has 0 unspecified atom stereocenters. The number of rotatable bonds is 4. The quantitative estimate of drug-likeness (QED) is 0.675. The summed E-state index contributed by atoms with van der Waals surface area (Å²) in [6, 6.07) is 5.33. The van der Waals surface area contributed by atoms with E-state index in [4.69, 9.17) is 12.3 Å². The Morgan fingerprint density at radius 3 is 2.77 bits per heavy atom. The van der Waals surface area contributed by atoms with E-state index < -0.39 is 0 Å². The minimum absolute atomic E-state index is 0.249. The van der Waals surface area contributed by atoms with Crippen molar-refractivity contribution in [2.75, 3.05) is 58.3 Å². The van der Waals surface area contributed by atoms with E-state index >= 15 is 0 Å². The molecule has 26 heavy (non-hydrogen) atoms. The second-order valence-electron chi connectivity index (χ2n) is 7.06. The number of aromatic amines is 1. The molecule has 4 rings (SSSR count). The van der Waals surface area contributed by atoms with Gasteiger partial charge >= 0.3 is 0 Å². The standard InChI is InChI=1S/C18H22BN5O2/c1-22(2)5-6-23-7-9-24(10-8-23)18-20-15-13-11-12(19)3-4-14(13)26-16(15)17(25)21-18/h3-4,11H,5-10H2,1-2H3,(H,20,21,25). The Morgan fingerprint density at radius 1 is 1.27 bits per heavy atom. The van der Waals surface area contributed by atoms with Gasteiger partial charge in [0.1, 0.15) is 18.9 Å². The molecular weight excluding hydrogens is 329 g/mol. The fraction of sp³-hybridized carbons (Fsp3) is 0.444. The zero-order valence-electron chi connectivity index (χ0n) is 15.2. The number of aromatic nitrogens is 2. The van der Waals surface area contributed by atoms with Crippen LogP contribution < -0.4 is 15.9 Å². The molecule has 1 aliphatic rings. The molecule has 8 heteroatoms. The molecule has 0 aliphatic carbocycles. The molecule has 0 spiro atoms. The highest BCUT2D eigenvalue weighted by Crippen LogP contribution is 2.25. The number of piperazine rings is 1. The summed E-state index contributed by atoms with van der Waals surface area (Å²) < 4.78 is 5.66. The third-order valence-electron chi connectivity index (χ3n) is 4.87. The summed E-state index contributed by atoms with van der Waals surface area (Å²) in [5.41, 5.74) is 1.81. The topological polar surface area (TPSA) is 68.6 Å². The monoisotopic (exact) mass is 351 g/mol. The van der Waals surface area contributed by atoms with Crippen molar-refractivity contribution >= 4 is 41.3 Å². The first-order valence-electron chi connectivity index (χ1n) is 8.85. The summed E-state index contributed by atoms with van der Waals surface area (Å²) in [6.07, 6.45) is 0. The molecule has 1 aliphatic heterocycles. The highest BCUT2D eigenvalue weighted by atomic mass is 16.3. The number of anilines is 1. The van der Waals surface area contributed by atoms with Crippen LogP contribution in [0.3, 0.4) is 0 Å². The summed E-state index contributed by atoms with van der Waals surface area (Å²) in [5, 5.41) is 0.775. The molecule has 3 heterocycles. The predicted molar refractivity (Wildman–Crippen MR) is 105 cm³/mol. The molecule has 0 atom stereocenters. The van der Waals surface area contributed by atoms with Gasteiger partial charge in [0.2, 0.25) is 11.5 Å². The maximum absolute atomic E-state index is 12.5. The van der Waals surface area contributed by atoms with Gasteiger partial charge in [0.25, 0.3) is 5.56 Å². The van der Waals surface area contributed by atoms with Gasteiger partial charge in [0.15, 0.2) is 0 Å². The van der Waals surface area contributed by atoms with E-state index in [2.05, 4.69) is 38.8 Å². The molecule has 3 aromatic rings. The smallest absolute Gasteiger partial charge is 0.296 e. The summed E-state index contributed by atoms with van der Waals surface area (Å²) in [7, 11) is 10.1. The van der Waals surface area contributed by atoms with Gasteiger partial charge in [-0.2, -0.15) is 0 Å². The molecule has 1 aromatic carbocycles. The van der Waals surface area contributed by atoms with Crippen LogP contribution in [0.1, 0.15) is 0 Å². The summed E-state index contributed by atoms with van der Waals surface area (Å²) in [6.45, 7) is 5.67. The van der Waals surface area contributed by atoms with Crippen molar-refractivity contribution in [3.05, 3.63) is 28.6 Å². The van der Waals surface area contributed by atoms with Crippen LogP contribution in [0.2, 0.25) is 0 Å². The van der Waals surface area contributed by atoms with Crippen LogP contribution in [-0.2, 0) is 0 Å². The predicted octanol–water partition coefficient (Wildman–Crippen LogP) is 0.147. The van der Waals surface area contributed by atoms with Crippen molar-refractivity contribution in [3.8, 4) is 0 Å². The Balaban J connectivity index is 1.60. The van der Waals surface area contributed by atoms with E-state index in [-0.39, 0.29) is 11.1 Å². The normalized spacial score (nSPS) is 16.2. The first-order valence-corrected chi connectivity index (χ1v) is 8.85. The van der Waals surface area contributed by atoms with Crippen molar-refractivity contribution < 1.29 is 4.42 Å². The lowest BCUT2D eigenvalue weighted by molar-refractivity contribution is 0.229. The molecule has 1 N–H and O–H groups in total. The maximum Gasteiger partial charge on any atom is 0.296 e. The first-order chi connectivity index (χ1) is 12.5. The number of fused-ring (bicyclic) bond motifs is 3. The van der Waals surface area contributed by atoms with Crippen LogP contribution in [0.15, 0.2) is 27.4 Å². The van der Waals surface area contributed by atoms with Crippen LogP contribution in [-0.4, -0.2) is 81.0 Å². The van der Waals surface area contributed by atoms with Gasteiger partial charge < -0.3 is 14.2 Å². The lowest BCUT2D eigenvalue weighted by Gasteiger charge is -2.35. The van der Waals surface area contributed by atoms with Crippen LogP contribution in [0.4, 0.5) is 5.95 Å². The highest BCUT2D eigenvalue weighted by molar-refractivity contribution is 6.33. The van der Waals surface area contributed by atoms with Crippen molar-refractivity contribution in [1.29, 1.82) is 0 Å². The zero-order valence-corrected chi connectivity index (χ0v) is 15.2. The third kappa shape index (κ3) is 3.22. The zero-order chi connectivity index (χ0) is 18.3. The average molecular weight is 351 g/mol. The Bertz CT molecular complexity index is 988. The maximum atomic E-state index is 12.5. The van der Waals surface area contributed by atoms with Gasteiger partial charge in [-0.1, -0.05) is 17.6 Å². The first kappa shape index (κ1) is 17.1. The number of nitrogens with one attached hydrogen (secondary N) is 1. The lowest BCUT2D eigenvalue weighted by Crippen LogP contribution is -2.48. The summed E-state index contributed by atoms with van der Waals surface area (Å²) in [4.78, 5) is 26.8. The minimum atomic E-state index is -0.255. The van der Waals surface area contributed by atoms with Gasteiger partial charge in [-0.05, 0) is 20.2 Å². The molecule has 134 valence electrons. The van der Waals surface area contributed by atoms with E-state index in [1.54, 1.807) is 18.2 Å². The van der Waals surface area contributed by atoms with Gasteiger partial charge in [0, 0.05) is 44.7 Å². The molecule has 2 radical (unpaired) electrons. The molecule has 1 saturated heterocycles. The average Bonchev–Trinajstić information content (AvgIpc) is 2.99. The van der Waals surface area contributed by atoms with Crippen LogP contribution in [0, 0.1) is 0 Å². The van der Waals surface area contributed by atoms with Crippen molar-refractivity contribution in [1.82, 2.24) is 19.8 Å². The van der Waals surface area contributed by atoms with E-state index in [1.165, 1.54) is 0 Å². The molecular formula is C18H22BN5O2. The van der Waals surface area contributed by atoms with Crippen molar-refractivity contribution in [2.45, 2.75) is 0 Å². The molecule has 7 nitrogen and oxygen atoms in total. The SMILES string of the molecule is [B]c1ccc2oc3c(=O)[nH]c(N4CCN(CCN(C)C)CC4)nc3c2c1. The van der Waals surface area contributed by atoms with E-state index in [9.17, 15) is 4.79 Å². The van der Waals surface area contributed by atoms with E-state index in [0.717, 1.165) is 44.7 Å². The summed E-state index contributed by atoms with van der Waals surface area (Å²) in [5.74, 6) is 0.597. The highest BCUT2D eigenvalue weighted by Gasteiger charge is 2.21. The minimum Gasteiger partial charge on any atom is -0.449 e. The molecule has 0 amide bonds. The fourth-order valence-corrected chi connectivity index (χ4v) is 3.33. The largest absolute Gasteiger partial charge is 0.449 e. The number of H-pyrrole nitrogens is 1. The van der Waals surface area contributed by atoms with Gasteiger partial charge in [-0.25, -0.2) is 4.98 Å². The Morgan fingerprint density at radius 2 is 2.04 bits per heavy atom. The molecule has 0 bridgehead atoms. The number of benzene rings is 1. The number of likely N-dealkylation sites (N-methyl/N-ethyl adjacent to an activating group) is 1. The van der Waals surface area contributed by atoms with Crippen molar-refractivity contribution in [2.24, 2.45) is 0 Å². The fourth-order valence-electron chi connectivity index (χ4n) is 3.33. The summed E-state index contributed by atoms with van der Waals surface area (Å²) >= 11 is 0. The van der Waals surface area contributed by atoms with Crippen molar-refractivity contribution in [3.63, 3.8) is 0 Å². The Hall–Kier alpha value is -2.32.